The molecule has 2 nitrogen and oxygen atoms in total. The molecule has 0 rings (SSSR count). The third-order valence-corrected chi connectivity index (χ3v) is 2.15. The molecule has 0 bridgehead atoms. The van der Waals surface area contributed by atoms with Gasteiger partial charge in [0.15, 0.2) is 0 Å². The monoisotopic (exact) mass is 185 g/mol. The summed E-state index contributed by atoms with van der Waals surface area (Å²) in [5, 5.41) is 0. The van der Waals surface area contributed by atoms with Gasteiger partial charge in [-0.3, -0.25) is 4.79 Å². The Morgan fingerprint density at radius 1 is 1.08 bits per heavy atom. The molecule has 0 amide bonds. The molecule has 0 aromatic rings. The maximum absolute atomic E-state index is 10.7. The second kappa shape index (κ2) is 9.56. The predicted octanol–water partition coefficient (Wildman–Crippen LogP) is 3.46. The van der Waals surface area contributed by atoms with Crippen molar-refractivity contribution in [2.45, 2.75) is 58.3 Å². The van der Waals surface area contributed by atoms with Crippen molar-refractivity contribution in [2.24, 2.45) is 0 Å². The Balaban J connectivity index is 2.95. The van der Waals surface area contributed by atoms with E-state index < -0.39 is 0 Å². The number of rotatable bonds is 8. The molecule has 0 fully saturated rings. The summed E-state index contributed by atoms with van der Waals surface area (Å²) in [6, 6.07) is 0. The van der Waals surface area contributed by atoms with Gasteiger partial charge in [-0.1, -0.05) is 45.4 Å². The van der Waals surface area contributed by atoms with E-state index >= 15 is 0 Å². The van der Waals surface area contributed by atoms with E-state index in [4.69, 9.17) is 0 Å². The summed E-state index contributed by atoms with van der Waals surface area (Å²) < 4.78 is 4.31. The minimum atomic E-state index is -0.187. The molecule has 1 radical (unpaired) electrons. The molecule has 0 heterocycles. The third-order valence-electron chi connectivity index (χ3n) is 2.15. The van der Waals surface area contributed by atoms with E-state index in [2.05, 4.69) is 18.8 Å². The van der Waals surface area contributed by atoms with Crippen molar-refractivity contribution in [1.82, 2.24) is 0 Å². The molecule has 0 aliphatic heterocycles. The minimum Gasteiger partial charge on any atom is -0.462 e. The molecule has 0 aromatic carbocycles. The lowest BCUT2D eigenvalue weighted by Crippen LogP contribution is -1.97. The van der Waals surface area contributed by atoms with Crippen LogP contribution in [0.1, 0.15) is 58.3 Å². The Labute approximate surface area is 81.7 Å². The quantitative estimate of drug-likeness (QED) is 0.427. The van der Waals surface area contributed by atoms with Crippen molar-refractivity contribution in [3.05, 3.63) is 7.11 Å². The molecular formula is C11H21O2. The normalized spacial score (nSPS) is 10.0. The number of carbonyl (C=O) groups is 1. The van der Waals surface area contributed by atoms with Gasteiger partial charge in [0.1, 0.15) is 7.11 Å². The first-order chi connectivity index (χ1) is 6.31. The van der Waals surface area contributed by atoms with E-state index in [1.54, 1.807) is 0 Å². The van der Waals surface area contributed by atoms with E-state index in [9.17, 15) is 4.79 Å². The zero-order chi connectivity index (χ0) is 9.94. The van der Waals surface area contributed by atoms with Crippen LogP contribution in [0.5, 0.6) is 0 Å². The first kappa shape index (κ1) is 12.5. The topological polar surface area (TPSA) is 26.3 Å². The summed E-state index contributed by atoms with van der Waals surface area (Å²) in [5.74, 6) is -0.187. The molecular weight excluding hydrogens is 164 g/mol. The highest BCUT2D eigenvalue weighted by molar-refractivity contribution is 5.69. The first-order valence-corrected chi connectivity index (χ1v) is 5.26. The van der Waals surface area contributed by atoms with Crippen LogP contribution in [0.3, 0.4) is 0 Å². The summed E-state index contributed by atoms with van der Waals surface area (Å²) in [6.07, 6.45) is 9.10. The summed E-state index contributed by atoms with van der Waals surface area (Å²) in [7, 11) is 3.08. The predicted molar refractivity (Wildman–Crippen MR) is 54.1 cm³/mol. The zero-order valence-electron chi connectivity index (χ0n) is 8.68. The SMILES string of the molecule is [CH2]OC(=O)CCCCCCCCC. The van der Waals surface area contributed by atoms with Crippen molar-refractivity contribution in [3.8, 4) is 0 Å². The van der Waals surface area contributed by atoms with Gasteiger partial charge in [-0.25, -0.2) is 0 Å². The van der Waals surface area contributed by atoms with Crippen LogP contribution < -0.4 is 0 Å². The second-order valence-electron chi connectivity index (χ2n) is 3.39. The standard InChI is InChI=1S/C11H21O2/c1-3-4-5-6-7-8-9-10-11(12)13-2/h2-10H2,1H3. The molecule has 0 N–H and O–H groups in total. The lowest BCUT2D eigenvalue weighted by Gasteiger charge is -2.00. The largest absolute Gasteiger partial charge is 0.462 e. The maximum Gasteiger partial charge on any atom is 0.305 e. The van der Waals surface area contributed by atoms with Gasteiger partial charge in [0.05, 0.1) is 0 Å². The van der Waals surface area contributed by atoms with Gasteiger partial charge in [0, 0.05) is 6.42 Å². The fraction of sp³-hybridized carbons (Fsp3) is 0.818. The summed E-state index contributed by atoms with van der Waals surface area (Å²) >= 11 is 0. The van der Waals surface area contributed by atoms with Gasteiger partial charge >= 0.3 is 5.97 Å². The van der Waals surface area contributed by atoms with E-state index in [1.165, 1.54) is 32.1 Å². The van der Waals surface area contributed by atoms with Crippen molar-refractivity contribution in [3.63, 3.8) is 0 Å². The fourth-order valence-corrected chi connectivity index (χ4v) is 1.30. The molecule has 0 atom stereocenters. The molecule has 0 aliphatic rings. The van der Waals surface area contributed by atoms with Gasteiger partial charge in [-0.2, -0.15) is 0 Å². The number of unbranched alkanes of at least 4 members (excludes halogenated alkanes) is 6. The minimum absolute atomic E-state index is 0.187. The third kappa shape index (κ3) is 9.38. The van der Waals surface area contributed by atoms with Crippen LogP contribution in [0, 0.1) is 7.11 Å². The Morgan fingerprint density at radius 2 is 1.62 bits per heavy atom. The maximum atomic E-state index is 10.7. The molecule has 0 saturated heterocycles. The highest BCUT2D eigenvalue weighted by Crippen LogP contribution is 2.08. The van der Waals surface area contributed by atoms with Crippen LogP contribution in [0.2, 0.25) is 0 Å². The van der Waals surface area contributed by atoms with Crippen molar-refractivity contribution in [1.29, 1.82) is 0 Å². The number of esters is 1. The molecule has 13 heavy (non-hydrogen) atoms. The van der Waals surface area contributed by atoms with Gasteiger partial charge in [0.2, 0.25) is 0 Å². The Bertz CT molecular complexity index is 121. The van der Waals surface area contributed by atoms with Gasteiger partial charge in [0.25, 0.3) is 0 Å². The molecule has 2 heteroatoms. The van der Waals surface area contributed by atoms with E-state index in [1.807, 2.05) is 0 Å². The van der Waals surface area contributed by atoms with Crippen LogP contribution in [0.4, 0.5) is 0 Å². The summed E-state index contributed by atoms with van der Waals surface area (Å²) in [5.41, 5.74) is 0. The average molecular weight is 185 g/mol. The van der Waals surface area contributed by atoms with Gasteiger partial charge < -0.3 is 4.74 Å². The van der Waals surface area contributed by atoms with Gasteiger partial charge in [-0.15, -0.1) is 0 Å². The lowest BCUT2D eigenvalue weighted by atomic mass is 10.1. The fourth-order valence-electron chi connectivity index (χ4n) is 1.30. The highest BCUT2D eigenvalue weighted by atomic mass is 16.5. The smallest absolute Gasteiger partial charge is 0.305 e. The number of ether oxygens (including phenoxy) is 1. The molecule has 0 aromatic heterocycles. The van der Waals surface area contributed by atoms with Crippen LogP contribution >= 0.6 is 0 Å². The summed E-state index contributed by atoms with van der Waals surface area (Å²) in [4.78, 5) is 10.7. The Morgan fingerprint density at radius 3 is 2.15 bits per heavy atom. The highest BCUT2D eigenvalue weighted by Gasteiger charge is 1.98. The number of hydrogen-bond acceptors (Lipinski definition) is 2. The zero-order valence-corrected chi connectivity index (χ0v) is 8.68. The second-order valence-corrected chi connectivity index (χ2v) is 3.39. The van der Waals surface area contributed by atoms with Crippen LogP contribution in [-0.2, 0) is 9.53 Å². The molecule has 0 saturated carbocycles. The van der Waals surface area contributed by atoms with Crippen molar-refractivity contribution >= 4 is 5.97 Å². The van der Waals surface area contributed by atoms with Crippen molar-refractivity contribution in [2.75, 3.05) is 0 Å². The molecule has 77 valence electrons. The van der Waals surface area contributed by atoms with Crippen LogP contribution in [0.25, 0.3) is 0 Å². The molecule has 0 unspecified atom stereocenters. The number of carbonyl (C=O) groups excluding carboxylic acids is 1. The number of hydrogen-bond donors (Lipinski definition) is 0. The Kier molecular flexibility index (Phi) is 9.17. The van der Waals surface area contributed by atoms with Crippen LogP contribution in [-0.4, -0.2) is 5.97 Å². The average Bonchev–Trinajstić information content (AvgIpc) is 2.16. The summed E-state index contributed by atoms with van der Waals surface area (Å²) in [6.45, 7) is 2.21. The molecule has 0 spiro atoms. The molecule has 0 aliphatic carbocycles. The Hall–Kier alpha value is -0.530. The first-order valence-electron chi connectivity index (χ1n) is 5.26. The van der Waals surface area contributed by atoms with Crippen LogP contribution in [0.15, 0.2) is 0 Å². The van der Waals surface area contributed by atoms with Gasteiger partial charge in [-0.05, 0) is 6.42 Å². The van der Waals surface area contributed by atoms with Crippen molar-refractivity contribution < 1.29 is 9.53 Å². The van der Waals surface area contributed by atoms with E-state index in [0.29, 0.717) is 6.42 Å². The van der Waals surface area contributed by atoms with E-state index in [-0.39, 0.29) is 5.97 Å². The lowest BCUT2D eigenvalue weighted by molar-refractivity contribution is -0.138. The van der Waals surface area contributed by atoms with E-state index in [0.717, 1.165) is 12.8 Å².